The summed E-state index contributed by atoms with van der Waals surface area (Å²) < 4.78 is 42.9. The summed E-state index contributed by atoms with van der Waals surface area (Å²) in [5.74, 6) is 1.00. The quantitative estimate of drug-likeness (QED) is 0.0994. The molecule has 0 bridgehead atoms. The van der Waals surface area contributed by atoms with Crippen LogP contribution in [0, 0.1) is 0 Å². The van der Waals surface area contributed by atoms with Gasteiger partial charge in [-0.15, -0.1) is 23.5 Å². The molecule has 1 aliphatic heterocycles. The van der Waals surface area contributed by atoms with Crippen molar-refractivity contribution in [2.45, 2.75) is 42.4 Å². The zero-order valence-corrected chi connectivity index (χ0v) is 25.8. The van der Waals surface area contributed by atoms with Crippen molar-refractivity contribution in [3.05, 3.63) is 57.9 Å². The van der Waals surface area contributed by atoms with E-state index in [1.54, 1.807) is 40.9 Å². The summed E-state index contributed by atoms with van der Waals surface area (Å²) in [4.78, 5) is 4.58. The highest BCUT2D eigenvalue weighted by Crippen LogP contribution is 2.41. The third-order valence-corrected chi connectivity index (χ3v) is 10.1. The van der Waals surface area contributed by atoms with E-state index in [1.165, 1.54) is 20.0 Å². The van der Waals surface area contributed by atoms with Crippen LogP contribution in [0.1, 0.15) is 37.6 Å². The van der Waals surface area contributed by atoms with Crippen molar-refractivity contribution in [2.75, 3.05) is 29.7 Å². The van der Waals surface area contributed by atoms with Gasteiger partial charge in [-0.1, -0.05) is 36.3 Å². The highest BCUT2D eigenvalue weighted by Gasteiger charge is 2.27. The molecule has 0 radical (unpaired) electrons. The number of halogens is 1. The van der Waals surface area contributed by atoms with Gasteiger partial charge < -0.3 is 14.2 Å². The lowest BCUT2D eigenvalue weighted by atomic mass is 10.1. The fourth-order valence-corrected chi connectivity index (χ4v) is 7.80. The van der Waals surface area contributed by atoms with Crippen LogP contribution in [0.25, 0.3) is 16.3 Å². The minimum Gasteiger partial charge on any atom is -0.748 e. The second kappa shape index (κ2) is 12.7. The van der Waals surface area contributed by atoms with Gasteiger partial charge in [0.15, 0.2) is 5.75 Å². The molecule has 0 saturated carbocycles. The van der Waals surface area contributed by atoms with Crippen molar-refractivity contribution >= 4 is 78.6 Å². The first kappa shape index (κ1) is 29.3. The maximum Gasteiger partial charge on any atom is 0.262 e. The predicted octanol–water partition coefficient (Wildman–Crippen LogP) is 7.07. The Hall–Kier alpha value is -1.69. The van der Waals surface area contributed by atoms with Gasteiger partial charge in [0.1, 0.15) is 11.7 Å². The topological polar surface area (TPSA) is 73.5 Å². The maximum atomic E-state index is 11.1. The molecule has 0 N–H and O–H groups in total. The number of hydrogen-bond donors (Lipinski definition) is 0. The van der Waals surface area contributed by atoms with Gasteiger partial charge in [0, 0.05) is 45.3 Å². The van der Waals surface area contributed by atoms with Gasteiger partial charge in [0.05, 0.1) is 15.8 Å². The summed E-state index contributed by atoms with van der Waals surface area (Å²) in [5.41, 5.74) is 3.18. The van der Waals surface area contributed by atoms with Crippen LogP contribution in [0.3, 0.4) is 0 Å². The summed E-state index contributed by atoms with van der Waals surface area (Å²) in [6, 6.07) is 10.0. The monoisotopic (exact) mass is 610 g/mol. The standard InChI is InChI=1S/C27H31ClN2O4S4/c1-5-8-18(14-27-29(2)21-16-24(35-3)25(36-4)17-23(21)37-27)13-26-30(11-6-7-12-38(31,32)33)20-15-19(28)9-10-22(20)34-26/h9-10,13-17H,5-8,11-12H2,1-4H3. The fourth-order valence-electron chi connectivity index (χ4n) is 4.37. The van der Waals surface area contributed by atoms with Crippen LogP contribution in [0.2, 0.25) is 5.02 Å². The lowest BCUT2D eigenvalue weighted by Gasteiger charge is -2.19. The molecule has 2 heterocycles. The van der Waals surface area contributed by atoms with Gasteiger partial charge in [-0.3, -0.25) is 0 Å². The number of aromatic nitrogens is 1. The average molecular weight is 611 g/mol. The lowest BCUT2D eigenvalue weighted by molar-refractivity contribution is -0.642. The lowest BCUT2D eigenvalue weighted by Crippen LogP contribution is -2.29. The molecule has 3 aromatic rings. The van der Waals surface area contributed by atoms with E-state index in [4.69, 9.17) is 16.3 Å². The smallest absolute Gasteiger partial charge is 0.262 e. The SMILES string of the molecule is CCCC(/C=C1\Oc2ccc(Cl)cc2N1CCCCS(=O)(=O)[O-])=C\c1sc2cc(SC)c(SC)cc2[n+]1C. The Bertz CT molecular complexity index is 1500. The molecule has 38 heavy (non-hydrogen) atoms. The van der Waals surface area contributed by atoms with Crippen molar-refractivity contribution in [2.24, 2.45) is 7.05 Å². The molecule has 0 atom stereocenters. The Morgan fingerprint density at radius 3 is 2.61 bits per heavy atom. The zero-order chi connectivity index (χ0) is 27.4. The van der Waals surface area contributed by atoms with E-state index >= 15 is 0 Å². The predicted molar refractivity (Wildman–Crippen MR) is 161 cm³/mol. The highest BCUT2D eigenvalue weighted by molar-refractivity contribution is 8.01. The largest absolute Gasteiger partial charge is 0.748 e. The molecule has 204 valence electrons. The van der Waals surface area contributed by atoms with Crippen LogP contribution in [0.5, 0.6) is 5.75 Å². The van der Waals surface area contributed by atoms with Crippen LogP contribution >= 0.6 is 46.5 Å². The van der Waals surface area contributed by atoms with Crippen LogP contribution < -0.4 is 14.2 Å². The van der Waals surface area contributed by atoms with Crippen molar-refractivity contribution in [3.63, 3.8) is 0 Å². The van der Waals surface area contributed by atoms with Gasteiger partial charge in [-0.05, 0) is 61.6 Å². The van der Waals surface area contributed by atoms with Crippen LogP contribution in [0.4, 0.5) is 5.69 Å². The number of hydrogen-bond acceptors (Lipinski definition) is 8. The molecule has 4 rings (SSSR count). The molecule has 0 unspecified atom stereocenters. The summed E-state index contributed by atoms with van der Waals surface area (Å²) in [6.07, 6.45) is 11.2. The van der Waals surface area contributed by atoms with Gasteiger partial charge in [-0.2, -0.15) is 4.57 Å². The molecule has 2 aromatic carbocycles. The Balaban J connectivity index is 1.69. The average Bonchev–Trinajstić information content (AvgIpc) is 3.36. The molecule has 0 fully saturated rings. The Morgan fingerprint density at radius 2 is 1.92 bits per heavy atom. The van der Waals surface area contributed by atoms with Crippen LogP contribution in [0.15, 0.2) is 57.7 Å². The number of ether oxygens (including phenoxy) is 1. The van der Waals surface area contributed by atoms with Gasteiger partial charge in [0.2, 0.25) is 11.4 Å². The van der Waals surface area contributed by atoms with E-state index in [2.05, 4.69) is 55.3 Å². The van der Waals surface area contributed by atoms with E-state index in [0.29, 0.717) is 29.6 Å². The van der Waals surface area contributed by atoms with E-state index in [0.717, 1.165) is 29.1 Å². The second-order valence-corrected chi connectivity index (χ2v) is 13.7. The Kier molecular flexibility index (Phi) is 9.76. The normalized spacial score (nSPS) is 14.9. The molecule has 11 heteroatoms. The van der Waals surface area contributed by atoms with E-state index in [-0.39, 0.29) is 12.2 Å². The Morgan fingerprint density at radius 1 is 1.18 bits per heavy atom. The number of benzene rings is 2. The van der Waals surface area contributed by atoms with Gasteiger partial charge >= 0.3 is 0 Å². The summed E-state index contributed by atoms with van der Waals surface area (Å²) in [5, 5.41) is 1.74. The number of fused-ring (bicyclic) bond motifs is 2. The minimum atomic E-state index is -4.23. The van der Waals surface area contributed by atoms with Gasteiger partial charge in [-0.25, -0.2) is 8.42 Å². The first-order valence-electron chi connectivity index (χ1n) is 12.3. The van der Waals surface area contributed by atoms with E-state index < -0.39 is 10.1 Å². The molecule has 6 nitrogen and oxygen atoms in total. The summed E-state index contributed by atoms with van der Waals surface area (Å²) >= 11 is 11.6. The minimum absolute atomic E-state index is 0.289. The number of aryl methyl sites for hydroxylation is 1. The first-order chi connectivity index (χ1) is 18.1. The second-order valence-electron chi connectivity index (χ2n) is 8.96. The number of unbranched alkanes of at least 4 members (excludes halogenated alkanes) is 1. The molecular weight excluding hydrogens is 580 g/mol. The number of allylic oxidation sites excluding steroid dienone is 2. The zero-order valence-electron chi connectivity index (χ0n) is 21.8. The molecular formula is C27H31ClN2O4S4. The fraction of sp³-hybridized carbons (Fsp3) is 0.370. The van der Waals surface area contributed by atoms with Crippen LogP contribution in [-0.4, -0.2) is 37.8 Å². The van der Waals surface area contributed by atoms with E-state index in [1.807, 2.05) is 17.0 Å². The molecule has 0 aliphatic carbocycles. The molecule has 1 aliphatic rings. The maximum absolute atomic E-state index is 11.1. The van der Waals surface area contributed by atoms with Crippen LogP contribution in [-0.2, 0) is 17.2 Å². The third kappa shape index (κ3) is 6.89. The number of rotatable bonds is 11. The number of thiazole rings is 1. The highest BCUT2D eigenvalue weighted by atomic mass is 35.5. The summed E-state index contributed by atoms with van der Waals surface area (Å²) in [7, 11) is -2.13. The molecule has 0 amide bonds. The molecule has 0 saturated heterocycles. The number of nitrogens with zero attached hydrogens (tertiary/aromatic N) is 2. The Labute approximate surface area is 242 Å². The van der Waals surface area contributed by atoms with Crippen molar-refractivity contribution < 1.29 is 22.3 Å². The van der Waals surface area contributed by atoms with Crippen molar-refractivity contribution in [3.8, 4) is 5.75 Å². The van der Waals surface area contributed by atoms with Gasteiger partial charge in [0.25, 0.3) is 5.01 Å². The summed E-state index contributed by atoms with van der Waals surface area (Å²) in [6.45, 7) is 2.66. The third-order valence-electron chi connectivity index (χ3n) is 6.25. The van der Waals surface area contributed by atoms with Crippen molar-refractivity contribution in [1.82, 2.24) is 0 Å². The van der Waals surface area contributed by atoms with Crippen molar-refractivity contribution in [1.29, 1.82) is 0 Å². The number of anilines is 1. The molecule has 1 aromatic heterocycles. The van der Waals surface area contributed by atoms with E-state index in [9.17, 15) is 13.0 Å². The molecule has 0 spiro atoms. The first-order valence-corrected chi connectivity index (χ1v) is 17.5. The number of thioether (sulfide) groups is 2.